The number of carboxylic acid groups (broad SMARTS) is 1. The Kier molecular flexibility index (Phi) is 4.77. The Bertz CT molecular complexity index is 481. The Morgan fingerprint density at radius 2 is 2.05 bits per heavy atom. The van der Waals surface area contributed by atoms with E-state index in [1.807, 2.05) is 17.0 Å². The molecule has 1 N–H and O–H groups in total. The van der Waals surface area contributed by atoms with Gasteiger partial charge in [0.1, 0.15) is 0 Å². The molecule has 0 saturated carbocycles. The Morgan fingerprint density at radius 3 is 2.65 bits per heavy atom. The maximum Gasteiger partial charge on any atom is 0.335 e. The van der Waals surface area contributed by atoms with E-state index in [4.69, 9.17) is 5.11 Å². The molecule has 1 aromatic carbocycles. The molecule has 1 atom stereocenters. The molecule has 2 rings (SSSR count). The van der Waals surface area contributed by atoms with Crippen LogP contribution in [-0.2, 0) is 11.2 Å². The van der Waals surface area contributed by atoms with Gasteiger partial charge in [0, 0.05) is 19.0 Å². The number of carbonyl (C=O) groups excluding carboxylic acids is 1. The summed E-state index contributed by atoms with van der Waals surface area (Å²) in [4.78, 5) is 24.5. The van der Waals surface area contributed by atoms with Gasteiger partial charge in [0.2, 0.25) is 5.91 Å². The number of amides is 1. The van der Waals surface area contributed by atoms with Crippen LogP contribution in [0.25, 0.3) is 0 Å². The van der Waals surface area contributed by atoms with Crippen molar-refractivity contribution < 1.29 is 14.7 Å². The molecule has 20 heavy (non-hydrogen) atoms. The molecule has 1 saturated heterocycles. The van der Waals surface area contributed by atoms with Crippen LogP contribution in [0, 0.1) is 0 Å². The van der Waals surface area contributed by atoms with Crippen molar-refractivity contribution in [2.24, 2.45) is 0 Å². The summed E-state index contributed by atoms with van der Waals surface area (Å²) in [6.07, 6.45) is 4.50. The molecule has 0 radical (unpaired) electrons. The Balaban J connectivity index is 1.83. The summed E-state index contributed by atoms with van der Waals surface area (Å²) in [7, 11) is 0. The average molecular weight is 275 g/mol. The highest BCUT2D eigenvalue weighted by Gasteiger charge is 2.28. The Labute approximate surface area is 119 Å². The zero-order chi connectivity index (χ0) is 14.5. The fourth-order valence-electron chi connectivity index (χ4n) is 2.79. The van der Waals surface area contributed by atoms with Crippen molar-refractivity contribution in [2.75, 3.05) is 6.54 Å². The number of hydrogen-bond acceptors (Lipinski definition) is 2. The molecule has 1 aliphatic rings. The first-order valence-corrected chi connectivity index (χ1v) is 7.23. The normalized spacial score (nSPS) is 18.6. The van der Waals surface area contributed by atoms with E-state index in [0.717, 1.165) is 37.8 Å². The van der Waals surface area contributed by atoms with Gasteiger partial charge in [0.15, 0.2) is 0 Å². The fourth-order valence-corrected chi connectivity index (χ4v) is 2.79. The lowest BCUT2D eigenvalue weighted by atomic mass is 10.1. The van der Waals surface area contributed by atoms with Crippen molar-refractivity contribution in [3.63, 3.8) is 0 Å². The van der Waals surface area contributed by atoms with Gasteiger partial charge >= 0.3 is 5.97 Å². The predicted octanol–water partition coefficient (Wildman–Crippen LogP) is 2.72. The number of hydrogen-bond donors (Lipinski definition) is 1. The first-order chi connectivity index (χ1) is 9.61. The summed E-state index contributed by atoms with van der Waals surface area (Å²) < 4.78 is 0. The predicted molar refractivity (Wildman–Crippen MR) is 76.7 cm³/mol. The highest BCUT2D eigenvalue weighted by atomic mass is 16.4. The van der Waals surface area contributed by atoms with Gasteiger partial charge in [-0.3, -0.25) is 4.79 Å². The van der Waals surface area contributed by atoms with Gasteiger partial charge in [-0.15, -0.1) is 0 Å². The molecule has 1 aliphatic heterocycles. The van der Waals surface area contributed by atoms with E-state index >= 15 is 0 Å². The van der Waals surface area contributed by atoms with Crippen molar-refractivity contribution >= 4 is 11.9 Å². The number of rotatable bonds is 6. The Hall–Kier alpha value is -1.84. The highest BCUT2D eigenvalue weighted by Crippen LogP contribution is 2.21. The molecular weight excluding hydrogens is 254 g/mol. The summed E-state index contributed by atoms with van der Waals surface area (Å²) >= 11 is 0. The van der Waals surface area contributed by atoms with E-state index in [9.17, 15) is 9.59 Å². The van der Waals surface area contributed by atoms with Crippen LogP contribution in [0.2, 0.25) is 0 Å². The standard InChI is InChI=1S/C16H21NO3/c1-2-14-9-10-15(18)17(14)11-3-4-12-5-7-13(8-6-12)16(19)20/h5-8,14H,2-4,9-11H2,1H3,(H,19,20)/t14-/m0/s1. The monoisotopic (exact) mass is 275 g/mol. The minimum atomic E-state index is -0.898. The molecule has 0 unspecified atom stereocenters. The van der Waals surface area contributed by atoms with Gasteiger partial charge in [-0.25, -0.2) is 4.79 Å². The quantitative estimate of drug-likeness (QED) is 0.868. The lowest BCUT2D eigenvalue weighted by Crippen LogP contribution is -2.33. The van der Waals surface area contributed by atoms with Crippen molar-refractivity contribution in [1.29, 1.82) is 0 Å². The van der Waals surface area contributed by atoms with E-state index in [2.05, 4.69) is 6.92 Å². The summed E-state index contributed by atoms with van der Waals surface area (Å²) in [6, 6.07) is 7.39. The molecule has 0 bridgehead atoms. The van der Waals surface area contributed by atoms with Crippen LogP contribution in [0.4, 0.5) is 0 Å². The summed E-state index contributed by atoms with van der Waals surface area (Å²) in [5.74, 6) is -0.622. The van der Waals surface area contributed by atoms with Crippen LogP contribution in [0.3, 0.4) is 0 Å². The summed E-state index contributed by atoms with van der Waals surface area (Å²) in [6.45, 7) is 2.93. The maximum absolute atomic E-state index is 11.8. The van der Waals surface area contributed by atoms with Crippen LogP contribution in [-0.4, -0.2) is 34.5 Å². The van der Waals surface area contributed by atoms with Crippen LogP contribution in [0.15, 0.2) is 24.3 Å². The zero-order valence-corrected chi connectivity index (χ0v) is 11.8. The second kappa shape index (κ2) is 6.55. The number of carboxylic acids is 1. The maximum atomic E-state index is 11.8. The molecule has 0 spiro atoms. The third kappa shape index (κ3) is 3.38. The van der Waals surface area contributed by atoms with E-state index in [1.165, 1.54) is 0 Å². The average Bonchev–Trinajstić information content (AvgIpc) is 2.80. The molecular formula is C16H21NO3. The second-order valence-corrected chi connectivity index (χ2v) is 5.29. The number of aromatic carboxylic acids is 1. The number of aryl methyl sites for hydroxylation is 1. The van der Waals surface area contributed by atoms with E-state index in [-0.39, 0.29) is 5.91 Å². The molecule has 1 fully saturated rings. The number of carbonyl (C=O) groups is 2. The molecule has 1 heterocycles. The van der Waals surface area contributed by atoms with E-state index in [0.29, 0.717) is 18.0 Å². The van der Waals surface area contributed by atoms with Crippen molar-refractivity contribution in [1.82, 2.24) is 4.90 Å². The number of benzene rings is 1. The van der Waals surface area contributed by atoms with Crippen LogP contribution < -0.4 is 0 Å². The number of nitrogens with zero attached hydrogens (tertiary/aromatic N) is 1. The van der Waals surface area contributed by atoms with E-state index in [1.54, 1.807) is 12.1 Å². The smallest absolute Gasteiger partial charge is 0.335 e. The van der Waals surface area contributed by atoms with Crippen LogP contribution in [0.1, 0.15) is 48.5 Å². The lowest BCUT2D eigenvalue weighted by molar-refractivity contribution is -0.129. The van der Waals surface area contributed by atoms with Crippen LogP contribution in [0.5, 0.6) is 0 Å². The highest BCUT2D eigenvalue weighted by molar-refractivity contribution is 5.87. The summed E-state index contributed by atoms with van der Waals surface area (Å²) in [5, 5.41) is 8.84. The first-order valence-electron chi connectivity index (χ1n) is 7.23. The second-order valence-electron chi connectivity index (χ2n) is 5.29. The minimum absolute atomic E-state index is 0.276. The van der Waals surface area contributed by atoms with Gasteiger partial charge in [0.25, 0.3) is 0 Å². The van der Waals surface area contributed by atoms with Gasteiger partial charge < -0.3 is 10.0 Å². The molecule has 1 aromatic rings. The topological polar surface area (TPSA) is 57.6 Å². The van der Waals surface area contributed by atoms with E-state index < -0.39 is 5.97 Å². The van der Waals surface area contributed by atoms with Crippen molar-refractivity contribution in [3.8, 4) is 0 Å². The molecule has 1 amide bonds. The van der Waals surface area contributed by atoms with Crippen molar-refractivity contribution in [3.05, 3.63) is 35.4 Å². The van der Waals surface area contributed by atoms with Crippen LogP contribution >= 0.6 is 0 Å². The summed E-state index contributed by atoms with van der Waals surface area (Å²) in [5.41, 5.74) is 1.43. The molecule has 108 valence electrons. The number of likely N-dealkylation sites (tertiary alicyclic amines) is 1. The minimum Gasteiger partial charge on any atom is -0.478 e. The van der Waals surface area contributed by atoms with Gasteiger partial charge in [0.05, 0.1) is 5.56 Å². The Morgan fingerprint density at radius 1 is 1.35 bits per heavy atom. The van der Waals surface area contributed by atoms with Crippen molar-refractivity contribution in [2.45, 2.75) is 45.1 Å². The molecule has 0 aliphatic carbocycles. The molecule has 0 aromatic heterocycles. The van der Waals surface area contributed by atoms with Gasteiger partial charge in [-0.2, -0.15) is 0 Å². The van der Waals surface area contributed by atoms with Gasteiger partial charge in [-0.1, -0.05) is 19.1 Å². The SMILES string of the molecule is CC[C@H]1CCC(=O)N1CCCc1ccc(C(=O)O)cc1. The molecule has 4 heteroatoms. The third-order valence-corrected chi connectivity index (χ3v) is 3.99. The lowest BCUT2D eigenvalue weighted by Gasteiger charge is -2.23. The first kappa shape index (κ1) is 14.6. The van der Waals surface area contributed by atoms with Gasteiger partial charge in [-0.05, 0) is 43.4 Å². The molecule has 4 nitrogen and oxygen atoms in total. The largest absolute Gasteiger partial charge is 0.478 e. The zero-order valence-electron chi connectivity index (χ0n) is 11.8. The third-order valence-electron chi connectivity index (χ3n) is 3.99. The fraction of sp³-hybridized carbons (Fsp3) is 0.500.